The van der Waals surface area contributed by atoms with E-state index in [0.717, 1.165) is 33.2 Å². The average molecular weight is 368 g/mol. The molecule has 3 nitrogen and oxygen atoms in total. The summed E-state index contributed by atoms with van der Waals surface area (Å²) in [6, 6.07) is 26.6. The summed E-state index contributed by atoms with van der Waals surface area (Å²) >= 11 is 0. The second kappa shape index (κ2) is 6.82. The van der Waals surface area contributed by atoms with Gasteiger partial charge in [0.05, 0.1) is 16.6 Å². The molecule has 0 aliphatic carbocycles. The Kier molecular flexibility index (Phi) is 4.02. The van der Waals surface area contributed by atoms with E-state index in [4.69, 9.17) is 9.72 Å². The Morgan fingerprint density at radius 3 is 2.50 bits per heavy atom. The second-order valence-electron chi connectivity index (χ2n) is 6.64. The van der Waals surface area contributed by atoms with Crippen LogP contribution in [-0.2, 0) is 6.61 Å². The van der Waals surface area contributed by atoms with Crippen molar-refractivity contribution in [2.75, 3.05) is 0 Å². The monoisotopic (exact) mass is 368 g/mol. The molecule has 0 saturated heterocycles. The number of ether oxygens (including phenoxy) is 1. The zero-order valence-electron chi connectivity index (χ0n) is 15.0. The van der Waals surface area contributed by atoms with Crippen LogP contribution in [0.25, 0.3) is 33.2 Å². The van der Waals surface area contributed by atoms with Gasteiger partial charge in [0.2, 0.25) is 0 Å². The first-order chi connectivity index (χ1) is 13.8. The third-order valence-corrected chi connectivity index (χ3v) is 4.86. The van der Waals surface area contributed by atoms with Crippen LogP contribution in [0.3, 0.4) is 0 Å². The molecule has 0 unspecified atom stereocenters. The highest BCUT2D eigenvalue weighted by atomic mass is 19.1. The zero-order chi connectivity index (χ0) is 18.9. The second-order valence-corrected chi connectivity index (χ2v) is 6.64. The van der Waals surface area contributed by atoms with E-state index >= 15 is 0 Å². The molecule has 0 atom stereocenters. The number of fused-ring (bicyclic) bond motifs is 2. The summed E-state index contributed by atoms with van der Waals surface area (Å²) < 4.78 is 20.1. The van der Waals surface area contributed by atoms with Gasteiger partial charge in [-0.2, -0.15) is 0 Å². The van der Waals surface area contributed by atoms with Crippen LogP contribution < -0.4 is 4.74 Å². The molecule has 1 heterocycles. The van der Waals surface area contributed by atoms with Crippen molar-refractivity contribution in [2.45, 2.75) is 6.61 Å². The number of hydrogen-bond acceptors (Lipinski definition) is 2. The van der Waals surface area contributed by atoms with E-state index in [2.05, 4.69) is 11.1 Å². The first-order valence-corrected chi connectivity index (χ1v) is 9.13. The molecule has 1 N–H and O–H groups in total. The molecule has 0 saturated carbocycles. The minimum absolute atomic E-state index is 0.151. The van der Waals surface area contributed by atoms with E-state index in [0.29, 0.717) is 11.3 Å². The zero-order valence-corrected chi connectivity index (χ0v) is 15.0. The third-order valence-electron chi connectivity index (χ3n) is 4.86. The van der Waals surface area contributed by atoms with Gasteiger partial charge < -0.3 is 9.72 Å². The van der Waals surface area contributed by atoms with Crippen LogP contribution >= 0.6 is 0 Å². The minimum atomic E-state index is -0.270. The molecule has 1 aromatic heterocycles. The molecule has 0 fully saturated rings. The Morgan fingerprint density at radius 1 is 0.821 bits per heavy atom. The fraction of sp³-hybridized carbons (Fsp3) is 0.0417. The summed E-state index contributed by atoms with van der Waals surface area (Å²) in [4.78, 5) is 8.15. The number of nitrogens with zero attached hydrogens (tertiary/aromatic N) is 1. The lowest BCUT2D eigenvalue weighted by Crippen LogP contribution is -2.00. The van der Waals surface area contributed by atoms with E-state index in [1.807, 2.05) is 60.7 Å². The molecule has 0 bridgehead atoms. The molecule has 0 aliphatic heterocycles. The third kappa shape index (κ3) is 2.89. The number of imidazole rings is 1. The van der Waals surface area contributed by atoms with Crippen molar-refractivity contribution in [1.82, 2.24) is 9.97 Å². The van der Waals surface area contributed by atoms with Crippen LogP contribution in [-0.4, -0.2) is 9.97 Å². The molecule has 0 radical (unpaired) electrons. The summed E-state index contributed by atoms with van der Waals surface area (Å²) in [7, 11) is 0. The molecular formula is C24H17FN2O. The fourth-order valence-electron chi connectivity index (χ4n) is 3.46. The Labute approximate surface area is 161 Å². The van der Waals surface area contributed by atoms with Gasteiger partial charge in [-0.15, -0.1) is 0 Å². The first-order valence-electron chi connectivity index (χ1n) is 9.13. The highest BCUT2D eigenvalue weighted by Gasteiger charge is 2.15. The predicted octanol–water partition coefficient (Wildman–Crippen LogP) is 6.10. The Hall–Kier alpha value is -3.66. The van der Waals surface area contributed by atoms with Gasteiger partial charge in [0, 0.05) is 5.56 Å². The minimum Gasteiger partial charge on any atom is -0.488 e. The van der Waals surface area contributed by atoms with Gasteiger partial charge >= 0.3 is 0 Å². The van der Waals surface area contributed by atoms with Crippen molar-refractivity contribution >= 4 is 21.8 Å². The number of aromatic amines is 1. The molecule has 0 amide bonds. The Balaban J connectivity index is 1.64. The van der Waals surface area contributed by atoms with Crippen LogP contribution in [0.5, 0.6) is 5.75 Å². The molecule has 28 heavy (non-hydrogen) atoms. The van der Waals surface area contributed by atoms with Crippen LogP contribution in [0.15, 0.2) is 84.9 Å². The SMILES string of the molecule is Fc1ccccc1COc1ccc2ccccc2c1-c1nc2ccccc2[nH]1. The smallest absolute Gasteiger partial charge is 0.142 e. The van der Waals surface area contributed by atoms with E-state index in [1.54, 1.807) is 12.1 Å². The van der Waals surface area contributed by atoms with Crippen LogP contribution in [0.1, 0.15) is 5.56 Å². The summed E-state index contributed by atoms with van der Waals surface area (Å²) in [5.41, 5.74) is 3.26. The molecule has 5 rings (SSSR count). The van der Waals surface area contributed by atoms with Gasteiger partial charge in [-0.05, 0) is 35.0 Å². The van der Waals surface area contributed by atoms with Crippen LogP contribution in [0, 0.1) is 5.82 Å². The highest BCUT2D eigenvalue weighted by Crippen LogP contribution is 2.37. The van der Waals surface area contributed by atoms with Crippen molar-refractivity contribution in [3.63, 3.8) is 0 Å². The lowest BCUT2D eigenvalue weighted by Gasteiger charge is -2.13. The number of benzene rings is 4. The quantitative estimate of drug-likeness (QED) is 0.416. The topological polar surface area (TPSA) is 37.9 Å². The number of nitrogens with one attached hydrogen (secondary N) is 1. The van der Waals surface area contributed by atoms with Crippen molar-refractivity contribution in [2.24, 2.45) is 0 Å². The average Bonchev–Trinajstić information content (AvgIpc) is 3.16. The largest absolute Gasteiger partial charge is 0.488 e. The summed E-state index contributed by atoms with van der Waals surface area (Å²) in [5, 5.41) is 2.13. The molecule has 5 aromatic rings. The molecule has 0 spiro atoms. The van der Waals surface area contributed by atoms with Crippen LogP contribution in [0.4, 0.5) is 4.39 Å². The van der Waals surface area contributed by atoms with Gasteiger partial charge in [-0.25, -0.2) is 9.37 Å². The van der Waals surface area contributed by atoms with Crippen molar-refractivity contribution < 1.29 is 9.13 Å². The highest BCUT2D eigenvalue weighted by molar-refractivity contribution is 5.99. The molecular weight excluding hydrogens is 351 g/mol. The summed E-state index contributed by atoms with van der Waals surface area (Å²) in [5.74, 6) is 1.14. The molecule has 0 aliphatic rings. The number of aromatic nitrogens is 2. The summed E-state index contributed by atoms with van der Waals surface area (Å²) in [6.45, 7) is 0.151. The van der Waals surface area contributed by atoms with E-state index < -0.39 is 0 Å². The van der Waals surface area contributed by atoms with Crippen molar-refractivity contribution in [3.05, 3.63) is 96.3 Å². The molecule has 4 aromatic carbocycles. The number of hydrogen-bond donors (Lipinski definition) is 1. The standard InChI is InChI=1S/C24H17FN2O/c25-19-10-4-2-8-17(19)15-28-22-14-13-16-7-1-3-9-18(16)23(22)24-26-20-11-5-6-12-21(20)27-24/h1-14H,15H2,(H,26,27). The number of rotatable bonds is 4. The summed E-state index contributed by atoms with van der Waals surface area (Å²) in [6.07, 6.45) is 0. The number of H-pyrrole nitrogens is 1. The van der Waals surface area contributed by atoms with Gasteiger partial charge in [-0.1, -0.05) is 60.7 Å². The fourth-order valence-corrected chi connectivity index (χ4v) is 3.46. The van der Waals surface area contributed by atoms with Gasteiger partial charge in [0.25, 0.3) is 0 Å². The van der Waals surface area contributed by atoms with Gasteiger partial charge in [0.1, 0.15) is 24.0 Å². The molecule has 136 valence electrons. The van der Waals surface area contributed by atoms with E-state index in [-0.39, 0.29) is 12.4 Å². The van der Waals surface area contributed by atoms with Gasteiger partial charge in [0.15, 0.2) is 0 Å². The Bertz CT molecular complexity index is 1260. The Morgan fingerprint density at radius 2 is 1.61 bits per heavy atom. The molecule has 4 heteroatoms. The van der Waals surface area contributed by atoms with E-state index in [1.165, 1.54) is 6.07 Å². The van der Waals surface area contributed by atoms with Crippen LogP contribution in [0.2, 0.25) is 0 Å². The lowest BCUT2D eigenvalue weighted by atomic mass is 10.0. The van der Waals surface area contributed by atoms with Gasteiger partial charge in [-0.3, -0.25) is 0 Å². The maximum absolute atomic E-state index is 14.0. The maximum Gasteiger partial charge on any atom is 0.142 e. The van der Waals surface area contributed by atoms with Crippen molar-refractivity contribution in [1.29, 1.82) is 0 Å². The first kappa shape index (κ1) is 16.5. The maximum atomic E-state index is 14.0. The number of para-hydroxylation sites is 2. The lowest BCUT2D eigenvalue weighted by molar-refractivity contribution is 0.301. The van der Waals surface area contributed by atoms with Crippen molar-refractivity contribution in [3.8, 4) is 17.1 Å². The van der Waals surface area contributed by atoms with E-state index in [9.17, 15) is 4.39 Å². The predicted molar refractivity (Wildman–Crippen MR) is 110 cm³/mol. The normalized spacial score (nSPS) is 11.2. The number of halogens is 1.